The molecule has 4 aliphatic rings. The van der Waals surface area contributed by atoms with Crippen LogP contribution in [-0.2, 0) is 13.6 Å². The first-order valence-electron chi connectivity index (χ1n) is 16.4. The molecule has 1 aromatic carbocycles. The molecule has 0 spiro atoms. The van der Waals surface area contributed by atoms with Crippen molar-refractivity contribution in [1.29, 1.82) is 0 Å². The van der Waals surface area contributed by atoms with Crippen molar-refractivity contribution in [1.82, 2.24) is 0 Å². The molecule has 4 aliphatic carbocycles. The zero-order valence-corrected chi connectivity index (χ0v) is 27.4. The van der Waals surface area contributed by atoms with Crippen molar-refractivity contribution < 1.29 is 23.1 Å². The number of benzene rings is 1. The van der Waals surface area contributed by atoms with Gasteiger partial charge in [0, 0.05) is 19.2 Å². The topological polar surface area (TPSA) is 87.9 Å². The molecule has 0 amide bonds. The number of nitro groups is 1. The van der Waals surface area contributed by atoms with E-state index >= 15 is 0 Å². The zero-order valence-electron chi connectivity index (χ0n) is 26.6. The first-order valence-corrected chi connectivity index (χ1v) is 17.8. The molecule has 42 heavy (non-hydrogen) atoms. The second kappa shape index (κ2) is 12.4. The van der Waals surface area contributed by atoms with Crippen molar-refractivity contribution in [3.63, 3.8) is 0 Å². The van der Waals surface area contributed by atoms with Crippen LogP contribution in [0.15, 0.2) is 35.9 Å². The molecule has 0 aromatic heterocycles. The zero-order chi connectivity index (χ0) is 30.3. The third-order valence-corrected chi connectivity index (χ3v) is 13.5. The number of fused-ring (bicyclic) bond motifs is 5. The van der Waals surface area contributed by atoms with Gasteiger partial charge < -0.3 is 4.52 Å². The molecule has 0 aliphatic heterocycles. The summed E-state index contributed by atoms with van der Waals surface area (Å²) in [5.41, 5.74) is 2.04. The predicted molar refractivity (Wildman–Crippen MR) is 166 cm³/mol. The van der Waals surface area contributed by atoms with Gasteiger partial charge in [0.25, 0.3) is 5.69 Å². The maximum atomic E-state index is 13.4. The number of nitrogens with zero attached hydrogens (tertiary/aromatic N) is 1. The van der Waals surface area contributed by atoms with Gasteiger partial charge in [0.2, 0.25) is 0 Å². The highest BCUT2D eigenvalue weighted by Gasteiger charge is 2.59. The van der Waals surface area contributed by atoms with Crippen molar-refractivity contribution in [2.24, 2.45) is 46.3 Å². The molecule has 0 N–H and O–H groups in total. The van der Waals surface area contributed by atoms with E-state index in [4.69, 9.17) is 13.6 Å². The van der Waals surface area contributed by atoms with Crippen LogP contribution in [0.4, 0.5) is 5.69 Å². The second-order valence-corrected chi connectivity index (χ2v) is 16.4. The maximum absolute atomic E-state index is 13.4. The van der Waals surface area contributed by atoms with Gasteiger partial charge >= 0.3 is 7.82 Å². The van der Waals surface area contributed by atoms with E-state index in [-0.39, 0.29) is 23.0 Å². The lowest BCUT2D eigenvalue weighted by Gasteiger charge is -2.58. The lowest BCUT2D eigenvalue weighted by molar-refractivity contribution is -0.384. The third-order valence-electron chi connectivity index (χ3n) is 12.0. The summed E-state index contributed by atoms with van der Waals surface area (Å²) < 4.78 is 30.4. The molecule has 0 bridgehead atoms. The molecule has 8 heteroatoms. The van der Waals surface area contributed by atoms with E-state index in [0.717, 1.165) is 55.3 Å². The number of allylic oxidation sites excluding steroid dienone is 1. The van der Waals surface area contributed by atoms with E-state index in [1.807, 2.05) is 0 Å². The largest absolute Gasteiger partial charge is 0.530 e. The van der Waals surface area contributed by atoms with Gasteiger partial charge in [-0.2, -0.15) is 0 Å². The summed E-state index contributed by atoms with van der Waals surface area (Å²) >= 11 is 0. The molecule has 0 heterocycles. The first-order chi connectivity index (χ1) is 19.9. The Hall–Kier alpha value is -1.69. The number of hydrogen-bond donors (Lipinski definition) is 0. The molecule has 7 nitrogen and oxygen atoms in total. The highest BCUT2D eigenvalue weighted by atomic mass is 31.2. The van der Waals surface area contributed by atoms with E-state index in [9.17, 15) is 14.7 Å². The number of rotatable bonds is 11. The third kappa shape index (κ3) is 6.13. The molecular formula is C34H52NO6P. The first kappa shape index (κ1) is 31.7. The fraction of sp³-hybridized carbons (Fsp3) is 0.765. The Morgan fingerprint density at radius 2 is 1.76 bits per heavy atom. The van der Waals surface area contributed by atoms with Crippen LogP contribution < -0.4 is 4.52 Å². The van der Waals surface area contributed by atoms with Crippen LogP contribution in [0.25, 0.3) is 0 Å². The van der Waals surface area contributed by atoms with Crippen molar-refractivity contribution in [3.05, 3.63) is 46.0 Å². The average Bonchev–Trinajstić information content (AvgIpc) is 3.30. The van der Waals surface area contributed by atoms with Crippen molar-refractivity contribution in [2.75, 3.05) is 7.11 Å². The van der Waals surface area contributed by atoms with E-state index in [1.165, 1.54) is 81.9 Å². The predicted octanol–water partition coefficient (Wildman–Crippen LogP) is 10.2. The van der Waals surface area contributed by atoms with E-state index in [1.54, 1.807) is 0 Å². The van der Waals surface area contributed by atoms with Crippen LogP contribution >= 0.6 is 7.82 Å². The molecule has 0 radical (unpaired) electrons. The van der Waals surface area contributed by atoms with Gasteiger partial charge in [0.15, 0.2) is 0 Å². The summed E-state index contributed by atoms with van der Waals surface area (Å²) in [4.78, 5) is 10.5. The Morgan fingerprint density at radius 1 is 1.02 bits per heavy atom. The summed E-state index contributed by atoms with van der Waals surface area (Å²) in [6, 6.07) is 5.48. The molecule has 9 atom stereocenters. The van der Waals surface area contributed by atoms with Gasteiger partial charge in [-0.25, -0.2) is 4.57 Å². The Kier molecular flexibility index (Phi) is 9.34. The van der Waals surface area contributed by atoms with Gasteiger partial charge in [-0.3, -0.25) is 19.2 Å². The summed E-state index contributed by atoms with van der Waals surface area (Å²) in [6.45, 7) is 12.4. The van der Waals surface area contributed by atoms with Gasteiger partial charge in [0.1, 0.15) is 5.75 Å². The molecular weight excluding hydrogens is 549 g/mol. The minimum absolute atomic E-state index is 0.0584. The second-order valence-electron chi connectivity index (χ2n) is 14.7. The molecule has 1 unspecified atom stereocenters. The van der Waals surface area contributed by atoms with Crippen molar-refractivity contribution in [3.8, 4) is 5.75 Å². The van der Waals surface area contributed by atoms with Crippen LogP contribution in [0.3, 0.4) is 0 Å². The van der Waals surface area contributed by atoms with E-state index in [0.29, 0.717) is 11.3 Å². The van der Waals surface area contributed by atoms with E-state index < -0.39 is 12.7 Å². The summed E-state index contributed by atoms with van der Waals surface area (Å²) in [5, 5.41) is 11.0. The quantitative estimate of drug-likeness (QED) is 0.109. The maximum Gasteiger partial charge on any atom is 0.530 e. The normalized spacial score (nSPS) is 36.3. The lowest BCUT2D eigenvalue weighted by atomic mass is 9.47. The highest BCUT2D eigenvalue weighted by Crippen LogP contribution is 2.68. The number of nitro benzene ring substituents is 1. The minimum atomic E-state index is -3.88. The summed E-state index contributed by atoms with van der Waals surface area (Å²) in [6.07, 6.45) is 15.5. The van der Waals surface area contributed by atoms with Gasteiger partial charge in [-0.05, 0) is 110 Å². The molecule has 3 saturated carbocycles. The van der Waals surface area contributed by atoms with Crippen LogP contribution in [0.5, 0.6) is 5.75 Å². The van der Waals surface area contributed by atoms with Gasteiger partial charge in [0.05, 0.1) is 11.0 Å². The lowest BCUT2D eigenvalue weighted by Crippen LogP contribution is -2.51. The van der Waals surface area contributed by atoms with Crippen molar-refractivity contribution in [2.45, 2.75) is 111 Å². The summed E-state index contributed by atoms with van der Waals surface area (Å²) in [7, 11) is -2.56. The standard InChI is InChI=1S/C34H52NO6P/c1-23(2)8-7-9-24(3)30-16-17-31-29-15-10-25-22-28(18-20-33(25,4)32(29)19-21-34(30,31)5)41-42(38,39-6)40-27-13-11-26(12-14-27)35(36)37/h10-14,23-24,28-32H,7-9,15-22H2,1-6H3/t24-,28+,29+,30-,31+,32+,33+,34-,42?/m1/s1. The fourth-order valence-corrected chi connectivity index (χ4v) is 10.9. The Balaban J connectivity index is 1.24. The van der Waals surface area contributed by atoms with Crippen molar-refractivity contribution >= 4 is 13.5 Å². The molecule has 3 fully saturated rings. The molecule has 1 aromatic rings. The van der Waals surface area contributed by atoms with Gasteiger partial charge in [-0.15, -0.1) is 0 Å². The Bertz CT molecular complexity index is 1200. The number of phosphoric ester groups is 1. The average molecular weight is 602 g/mol. The highest BCUT2D eigenvalue weighted by molar-refractivity contribution is 7.48. The fourth-order valence-electron chi connectivity index (χ4n) is 9.78. The Labute approximate surface area is 252 Å². The van der Waals surface area contributed by atoms with Gasteiger partial charge in [-0.1, -0.05) is 65.5 Å². The smallest absolute Gasteiger partial charge is 0.404 e. The number of non-ortho nitro benzene ring substituents is 1. The SMILES string of the molecule is COP(=O)(Oc1ccc([N+](=O)[O-])cc1)O[C@H]1CC[C@@]2(C)C(=CC[C@H]3[C@@H]4CC[C@H]([C@H](C)CCCC(C)C)[C@@]4(C)CC[C@@H]32)C1. The molecule has 0 saturated heterocycles. The number of phosphoric acid groups is 1. The minimum Gasteiger partial charge on any atom is -0.404 e. The van der Waals surface area contributed by atoms with Crippen LogP contribution in [0.1, 0.15) is 105 Å². The number of hydrogen-bond acceptors (Lipinski definition) is 6. The van der Waals surface area contributed by atoms with E-state index in [2.05, 4.69) is 40.7 Å². The molecule has 5 rings (SSSR count). The van der Waals surface area contributed by atoms with Crippen LogP contribution in [0.2, 0.25) is 0 Å². The van der Waals surface area contributed by atoms with Crippen LogP contribution in [-0.4, -0.2) is 18.1 Å². The summed E-state index contributed by atoms with van der Waals surface area (Å²) in [5.74, 6) is 4.99. The Morgan fingerprint density at radius 3 is 2.43 bits per heavy atom. The molecule has 234 valence electrons. The monoisotopic (exact) mass is 601 g/mol. The van der Waals surface area contributed by atoms with Crippen LogP contribution in [0, 0.1) is 56.5 Å².